The third-order valence-corrected chi connectivity index (χ3v) is 5.41. The molecule has 0 spiro atoms. The van der Waals surface area contributed by atoms with E-state index in [1.165, 1.54) is 32.2 Å². The lowest BCUT2D eigenvalue weighted by Gasteiger charge is -2.26. The van der Waals surface area contributed by atoms with Crippen molar-refractivity contribution in [2.45, 2.75) is 32.2 Å². The van der Waals surface area contributed by atoms with E-state index in [4.69, 9.17) is 5.73 Å². The minimum Gasteiger partial charge on any atom is -0.399 e. The lowest BCUT2D eigenvalue weighted by molar-refractivity contribution is 0.212. The van der Waals surface area contributed by atoms with Crippen molar-refractivity contribution in [1.82, 2.24) is 14.9 Å². The molecule has 0 aliphatic heterocycles. The highest BCUT2D eigenvalue weighted by Crippen LogP contribution is 2.48. The number of hydrogen-bond acceptors (Lipinski definition) is 3. The lowest BCUT2D eigenvalue weighted by Crippen LogP contribution is -2.28. The second-order valence-corrected chi connectivity index (χ2v) is 7.09. The summed E-state index contributed by atoms with van der Waals surface area (Å²) in [5.74, 6) is 3.98. The molecule has 1 aromatic heterocycles. The number of nitrogen functional groups attached to an aromatic ring is 1. The second kappa shape index (κ2) is 5.02. The van der Waals surface area contributed by atoms with Gasteiger partial charge in [0.05, 0.1) is 17.6 Å². The molecule has 0 amide bonds. The fraction of sp³-hybridized carbons (Fsp3) is 0.588. The van der Waals surface area contributed by atoms with Crippen LogP contribution < -0.4 is 5.73 Å². The van der Waals surface area contributed by atoms with Crippen LogP contribution in [0.25, 0.3) is 11.0 Å². The Balaban J connectivity index is 1.42. The van der Waals surface area contributed by atoms with Gasteiger partial charge in [0.15, 0.2) is 0 Å². The van der Waals surface area contributed by atoms with Crippen molar-refractivity contribution >= 4 is 16.7 Å². The largest absolute Gasteiger partial charge is 0.399 e. The summed E-state index contributed by atoms with van der Waals surface area (Å²) in [5, 5.41) is 0. The van der Waals surface area contributed by atoms with E-state index in [1.54, 1.807) is 0 Å². The summed E-state index contributed by atoms with van der Waals surface area (Å²) in [6.07, 6.45) is 5.89. The van der Waals surface area contributed by atoms with E-state index in [1.807, 2.05) is 18.2 Å². The molecule has 4 nitrogen and oxygen atoms in total. The van der Waals surface area contributed by atoms with Gasteiger partial charge in [0.25, 0.3) is 0 Å². The first-order valence-corrected chi connectivity index (χ1v) is 8.10. The number of hydrogen-bond donors (Lipinski definition) is 2. The average molecular weight is 284 g/mol. The number of aromatic nitrogens is 2. The Bertz CT molecular complexity index is 647. The average Bonchev–Trinajstić information content (AvgIpc) is 3.12. The Hall–Kier alpha value is -1.55. The molecular formula is C17H24N4. The first kappa shape index (κ1) is 13.1. The SMILES string of the molecule is CN(Cc1nc2ccc(N)cc2[nH]1)CC1CC2CCC1C2. The minimum absolute atomic E-state index is 0.785. The highest BCUT2D eigenvalue weighted by molar-refractivity contribution is 5.78. The molecule has 3 atom stereocenters. The van der Waals surface area contributed by atoms with Crippen LogP contribution in [0, 0.1) is 17.8 Å². The Morgan fingerprint density at radius 1 is 1.33 bits per heavy atom. The molecule has 2 bridgehead atoms. The molecule has 2 saturated carbocycles. The van der Waals surface area contributed by atoms with Gasteiger partial charge in [-0.05, 0) is 62.3 Å². The van der Waals surface area contributed by atoms with Crippen molar-refractivity contribution in [3.05, 3.63) is 24.0 Å². The molecule has 1 heterocycles. The van der Waals surface area contributed by atoms with Gasteiger partial charge in [-0.1, -0.05) is 6.42 Å². The predicted molar refractivity (Wildman–Crippen MR) is 85.8 cm³/mol. The quantitative estimate of drug-likeness (QED) is 0.849. The number of nitrogens with two attached hydrogens (primary N) is 1. The molecule has 0 radical (unpaired) electrons. The van der Waals surface area contributed by atoms with Crippen LogP contribution >= 0.6 is 0 Å². The van der Waals surface area contributed by atoms with Crippen LogP contribution in [0.5, 0.6) is 0 Å². The number of benzene rings is 1. The van der Waals surface area contributed by atoms with Crippen molar-refractivity contribution in [1.29, 1.82) is 0 Å². The zero-order valence-electron chi connectivity index (χ0n) is 12.7. The molecular weight excluding hydrogens is 260 g/mol. The zero-order chi connectivity index (χ0) is 14.4. The monoisotopic (exact) mass is 284 g/mol. The van der Waals surface area contributed by atoms with Crippen LogP contribution in [0.3, 0.4) is 0 Å². The number of nitrogens with zero attached hydrogens (tertiary/aromatic N) is 2. The third kappa shape index (κ3) is 2.53. The van der Waals surface area contributed by atoms with E-state index >= 15 is 0 Å². The number of H-pyrrole nitrogens is 1. The molecule has 21 heavy (non-hydrogen) atoms. The maximum atomic E-state index is 5.82. The Morgan fingerprint density at radius 2 is 2.24 bits per heavy atom. The molecule has 4 heteroatoms. The molecule has 0 saturated heterocycles. The minimum atomic E-state index is 0.785. The van der Waals surface area contributed by atoms with Gasteiger partial charge in [-0.15, -0.1) is 0 Å². The van der Waals surface area contributed by atoms with Gasteiger partial charge in [0.1, 0.15) is 5.82 Å². The fourth-order valence-corrected chi connectivity index (χ4v) is 4.48. The van der Waals surface area contributed by atoms with E-state index in [-0.39, 0.29) is 0 Å². The number of rotatable bonds is 4. The van der Waals surface area contributed by atoms with Crippen molar-refractivity contribution < 1.29 is 0 Å². The first-order chi connectivity index (χ1) is 10.2. The maximum absolute atomic E-state index is 5.82. The van der Waals surface area contributed by atoms with E-state index in [0.717, 1.165) is 46.8 Å². The van der Waals surface area contributed by atoms with Crippen LogP contribution in [0.1, 0.15) is 31.5 Å². The van der Waals surface area contributed by atoms with Crippen molar-refractivity contribution in [3.8, 4) is 0 Å². The van der Waals surface area contributed by atoms with Gasteiger partial charge >= 0.3 is 0 Å². The highest BCUT2D eigenvalue weighted by Gasteiger charge is 2.39. The number of aromatic amines is 1. The summed E-state index contributed by atoms with van der Waals surface area (Å²) in [7, 11) is 2.22. The van der Waals surface area contributed by atoms with Gasteiger partial charge < -0.3 is 10.7 Å². The van der Waals surface area contributed by atoms with E-state index in [9.17, 15) is 0 Å². The molecule has 2 fully saturated rings. The van der Waals surface area contributed by atoms with Gasteiger partial charge in [-0.2, -0.15) is 0 Å². The summed E-state index contributed by atoms with van der Waals surface area (Å²) in [6.45, 7) is 2.10. The molecule has 4 rings (SSSR count). The topological polar surface area (TPSA) is 57.9 Å². The molecule has 3 N–H and O–H groups in total. The van der Waals surface area contributed by atoms with Gasteiger partial charge in [-0.25, -0.2) is 4.98 Å². The number of anilines is 1. The molecule has 2 aliphatic carbocycles. The van der Waals surface area contributed by atoms with Gasteiger partial charge in [-0.3, -0.25) is 4.90 Å². The Kier molecular flexibility index (Phi) is 3.14. The van der Waals surface area contributed by atoms with Crippen LogP contribution in [0.2, 0.25) is 0 Å². The van der Waals surface area contributed by atoms with E-state index in [0.29, 0.717) is 0 Å². The summed E-state index contributed by atoms with van der Waals surface area (Å²) < 4.78 is 0. The molecule has 1 aromatic carbocycles. The second-order valence-electron chi connectivity index (χ2n) is 7.09. The van der Waals surface area contributed by atoms with Crippen LogP contribution in [-0.4, -0.2) is 28.5 Å². The van der Waals surface area contributed by atoms with Crippen molar-refractivity contribution in [3.63, 3.8) is 0 Å². The number of fused-ring (bicyclic) bond motifs is 3. The summed E-state index contributed by atoms with van der Waals surface area (Å²) in [4.78, 5) is 10.5. The lowest BCUT2D eigenvalue weighted by atomic mass is 9.88. The maximum Gasteiger partial charge on any atom is 0.121 e. The highest BCUT2D eigenvalue weighted by atomic mass is 15.1. The molecule has 112 valence electrons. The fourth-order valence-electron chi connectivity index (χ4n) is 4.48. The predicted octanol–water partition coefficient (Wildman–Crippen LogP) is 3.01. The molecule has 2 aromatic rings. The van der Waals surface area contributed by atoms with E-state index < -0.39 is 0 Å². The standard InChI is InChI=1S/C17H24N4/c1-21(9-13-7-11-2-3-12(13)6-11)10-17-19-15-5-4-14(18)8-16(15)20-17/h4-5,8,11-13H,2-3,6-7,9-10,18H2,1H3,(H,19,20). The van der Waals surface area contributed by atoms with Crippen molar-refractivity contribution in [2.75, 3.05) is 19.3 Å². The summed E-state index contributed by atoms with van der Waals surface area (Å²) in [5.41, 5.74) is 8.65. The normalized spacial score (nSPS) is 28.0. The van der Waals surface area contributed by atoms with Crippen LogP contribution in [0.15, 0.2) is 18.2 Å². The van der Waals surface area contributed by atoms with Gasteiger partial charge in [0, 0.05) is 12.2 Å². The first-order valence-electron chi connectivity index (χ1n) is 8.10. The van der Waals surface area contributed by atoms with Crippen LogP contribution in [-0.2, 0) is 6.54 Å². The third-order valence-electron chi connectivity index (χ3n) is 5.41. The number of imidazole rings is 1. The smallest absolute Gasteiger partial charge is 0.121 e. The van der Waals surface area contributed by atoms with Crippen LogP contribution in [0.4, 0.5) is 5.69 Å². The molecule has 2 aliphatic rings. The van der Waals surface area contributed by atoms with E-state index in [2.05, 4.69) is 21.9 Å². The van der Waals surface area contributed by atoms with Crippen molar-refractivity contribution in [2.24, 2.45) is 17.8 Å². The Morgan fingerprint density at radius 3 is 3.00 bits per heavy atom. The Labute approximate surface area is 125 Å². The number of nitrogens with one attached hydrogen (secondary N) is 1. The molecule has 3 unspecified atom stereocenters. The summed E-state index contributed by atoms with van der Waals surface area (Å²) >= 11 is 0. The zero-order valence-corrected chi connectivity index (χ0v) is 12.7. The van der Waals surface area contributed by atoms with Gasteiger partial charge in [0.2, 0.25) is 0 Å². The summed E-state index contributed by atoms with van der Waals surface area (Å²) in [6, 6.07) is 5.86.